The smallest absolute Gasteiger partial charge is 0.136 e. The Kier molecular flexibility index (Phi) is 4.33. The first-order chi connectivity index (χ1) is 11.3. The minimum absolute atomic E-state index is 0.0669. The van der Waals surface area contributed by atoms with Crippen molar-refractivity contribution in [1.29, 1.82) is 0 Å². The van der Waals surface area contributed by atoms with Crippen LogP contribution in [0, 0.1) is 0 Å². The maximum atomic E-state index is 6.11. The van der Waals surface area contributed by atoms with E-state index < -0.39 is 0 Å². The molecule has 0 bridgehead atoms. The lowest BCUT2D eigenvalue weighted by atomic mass is 9.84. The van der Waals surface area contributed by atoms with Crippen LogP contribution in [0.1, 0.15) is 31.4 Å². The number of nitrogens with one attached hydrogen (secondary N) is 1. The second kappa shape index (κ2) is 6.59. The predicted molar refractivity (Wildman–Crippen MR) is 88.7 cm³/mol. The zero-order chi connectivity index (χ0) is 15.5. The number of nitrogens with zero attached hydrogens (tertiary/aromatic N) is 2. The van der Waals surface area contributed by atoms with Crippen molar-refractivity contribution in [1.82, 2.24) is 14.7 Å². The third-order valence-electron chi connectivity index (χ3n) is 5.20. The van der Waals surface area contributed by atoms with Crippen LogP contribution in [0.25, 0.3) is 5.65 Å². The third-order valence-corrected chi connectivity index (χ3v) is 5.20. The van der Waals surface area contributed by atoms with Gasteiger partial charge in [-0.2, -0.15) is 0 Å². The summed E-state index contributed by atoms with van der Waals surface area (Å²) in [6.45, 7) is 3.54. The molecule has 4 rings (SSSR count). The first-order valence-electron chi connectivity index (χ1n) is 8.71. The van der Waals surface area contributed by atoms with E-state index in [4.69, 9.17) is 9.47 Å². The third kappa shape index (κ3) is 3.27. The van der Waals surface area contributed by atoms with Gasteiger partial charge >= 0.3 is 0 Å². The second-order valence-electron chi connectivity index (χ2n) is 6.72. The number of fused-ring (bicyclic) bond motifs is 1. The molecule has 1 N–H and O–H groups in total. The summed E-state index contributed by atoms with van der Waals surface area (Å²) in [6, 6.07) is 6.68. The summed E-state index contributed by atoms with van der Waals surface area (Å²) in [4.78, 5) is 4.45. The van der Waals surface area contributed by atoms with Crippen molar-refractivity contribution in [3.8, 4) is 0 Å². The normalized spacial score (nSPS) is 24.3. The molecule has 0 unspecified atom stereocenters. The molecule has 2 fully saturated rings. The van der Waals surface area contributed by atoms with Gasteiger partial charge in [0.25, 0.3) is 0 Å². The zero-order valence-corrected chi connectivity index (χ0v) is 13.5. The van der Waals surface area contributed by atoms with Gasteiger partial charge in [-0.15, -0.1) is 0 Å². The van der Waals surface area contributed by atoms with Gasteiger partial charge in [0, 0.05) is 56.9 Å². The average molecular weight is 315 g/mol. The van der Waals surface area contributed by atoms with Crippen LogP contribution in [0.4, 0.5) is 0 Å². The van der Waals surface area contributed by atoms with Crippen LogP contribution in [0.5, 0.6) is 0 Å². The number of ether oxygens (including phenoxy) is 2. The molecule has 23 heavy (non-hydrogen) atoms. The zero-order valence-electron chi connectivity index (χ0n) is 13.5. The molecule has 2 aliphatic rings. The maximum absolute atomic E-state index is 6.11. The van der Waals surface area contributed by atoms with E-state index in [-0.39, 0.29) is 5.60 Å². The van der Waals surface area contributed by atoms with E-state index in [1.807, 2.05) is 18.3 Å². The van der Waals surface area contributed by atoms with E-state index in [9.17, 15) is 0 Å². The average Bonchev–Trinajstić information content (AvgIpc) is 2.99. The quantitative estimate of drug-likeness (QED) is 0.939. The molecule has 1 atom stereocenters. The molecule has 0 aliphatic carbocycles. The Morgan fingerprint density at radius 3 is 3.09 bits per heavy atom. The van der Waals surface area contributed by atoms with E-state index >= 15 is 0 Å². The van der Waals surface area contributed by atoms with Crippen LogP contribution < -0.4 is 5.32 Å². The van der Waals surface area contributed by atoms with Crippen LogP contribution in [-0.2, 0) is 15.9 Å². The lowest BCUT2D eigenvalue weighted by Crippen LogP contribution is -2.50. The van der Waals surface area contributed by atoms with Crippen LogP contribution in [0.15, 0.2) is 30.6 Å². The number of pyridine rings is 1. The van der Waals surface area contributed by atoms with Gasteiger partial charge in [0.1, 0.15) is 5.65 Å². The Morgan fingerprint density at radius 1 is 1.26 bits per heavy atom. The Balaban J connectivity index is 1.32. The molecule has 0 aromatic carbocycles. The van der Waals surface area contributed by atoms with E-state index in [0.29, 0.717) is 6.04 Å². The monoisotopic (exact) mass is 315 g/mol. The highest BCUT2D eigenvalue weighted by atomic mass is 16.5. The van der Waals surface area contributed by atoms with E-state index in [2.05, 4.69) is 27.0 Å². The molecule has 0 amide bonds. The molecule has 5 heteroatoms. The lowest BCUT2D eigenvalue weighted by molar-refractivity contribution is -0.140. The Hall–Kier alpha value is -1.43. The molecule has 5 nitrogen and oxygen atoms in total. The molecule has 2 aliphatic heterocycles. The topological polar surface area (TPSA) is 47.8 Å². The van der Waals surface area contributed by atoms with Gasteiger partial charge in [-0.1, -0.05) is 6.07 Å². The molecule has 1 spiro atoms. The second-order valence-corrected chi connectivity index (χ2v) is 6.72. The number of imidazole rings is 1. The Labute approximate surface area is 137 Å². The summed E-state index contributed by atoms with van der Waals surface area (Å²) in [5.74, 6) is 0. The molecule has 2 saturated heterocycles. The van der Waals surface area contributed by atoms with Crippen molar-refractivity contribution in [2.24, 2.45) is 0 Å². The fourth-order valence-corrected chi connectivity index (χ4v) is 3.87. The fraction of sp³-hybridized carbons (Fsp3) is 0.611. The molecule has 124 valence electrons. The lowest BCUT2D eigenvalue weighted by Gasteiger charge is -2.43. The minimum atomic E-state index is 0.0669. The van der Waals surface area contributed by atoms with Crippen molar-refractivity contribution >= 4 is 5.65 Å². The van der Waals surface area contributed by atoms with Gasteiger partial charge in [0.05, 0.1) is 5.60 Å². The summed E-state index contributed by atoms with van der Waals surface area (Å²) < 4.78 is 13.8. The summed E-state index contributed by atoms with van der Waals surface area (Å²) in [5.41, 5.74) is 2.35. The standard InChI is InChI=1S/C18H25N3O2/c1-2-9-21-16(14-20-17(21)3-1)4-8-19-15-5-10-23-18(13-15)6-11-22-12-7-18/h1-3,9,14-15,19H,4-8,10-13H2/t15-/m1/s1. The first kappa shape index (κ1) is 15.1. The maximum Gasteiger partial charge on any atom is 0.136 e. The molecule has 2 aromatic heterocycles. The summed E-state index contributed by atoms with van der Waals surface area (Å²) in [6.07, 6.45) is 9.37. The molecule has 4 heterocycles. The van der Waals surface area contributed by atoms with Gasteiger partial charge < -0.3 is 19.2 Å². The predicted octanol–water partition coefficient (Wildman–Crippen LogP) is 2.19. The van der Waals surface area contributed by atoms with E-state index in [1.54, 1.807) is 0 Å². The van der Waals surface area contributed by atoms with Gasteiger partial charge in [-0.3, -0.25) is 0 Å². The van der Waals surface area contributed by atoms with Crippen molar-refractivity contribution < 1.29 is 9.47 Å². The first-order valence-corrected chi connectivity index (χ1v) is 8.71. The van der Waals surface area contributed by atoms with Crippen molar-refractivity contribution in [2.45, 2.75) is 43.7 Å². The van der Waals surface area contributed by atoms with Gasteiger partial charge in [-0.05, 0) is 37.8 Å². The number of rotatable bonds is 4. The molecule has 0 saturated carbocycles. The molecular formula is C18H25N3O2. The Morgan fingerprint density at radius 2 is 2.17 bits per heavy atom. The molecule has 0 radical (unpaired) electrons. The minimum Gasteiger partial charge on any atom is -0.381 e. The highest BCUT2D eigenvalue weighted by molar-refractivity contribution is 5.39. The number of hydrogen-bond donors (Lipinski definition) is 1. The van der Waals surface area contributed by atoms with Crippen LogP contribution in [-0.4, -0.2) is 47.4 Å². The highest BCUT2D eigenvalue weighted by Gasteiger charge is 2.38. The van der Waals surface area contributed by atoms with Crippen molar-refractivity contribution in [3.63, 3.8) is 0 Å². The van der Waals surface area contributed by atoms with Crippen molar-refractivity contribution in [2.75, 3.05) is 26.4 Å². The van der Waals surface area contributed by atoms with E-state index in [1.165, 1.54) is 5.69 Å². The highest BCUT2D eigenvalue weighted by Crippen LogP contribution is 2.34. The van der Waals surface area contributed by atoms with Gasteiger partial charge in [0.2, 0.25) is 0 Å². The van der Waals surface area contributed by atoms with E-state index in [0.717, 1.165) is 64.1 Å². The van der Waals surface area contributed by atoms with Crippen LogP contribution in [0.3, 0.4) is 0 Å². The number of aromatic nitrogens is 2. The Bertz CT molecular complexity index is 643. The molecular weight excluding hydrogens is 290 g/mol. The number of hydrogen-bond acceptors (Lipinski definition) is 4. The van der Waals surface area contributed by atoms with Crippen molar-refractivity contribution in [3.05, 3.63) is 36.3 Å². The summed E-state index contributed by atoms with van der Waals surface area (Å²) >= 11 is 0. The van der Waals surface area contributed by atoms with Gasteiger partial charge in [-0.25, -0.2) is 4.98 Å². The summed E-state index contributed by atoms with van der Waals surface area (Å²) in [7, 11) is 0. The molecule has 2 aromatic rings. The van der Waals surface area contributed by atoms with Crippen LogP contribution in [0.2, 0.25) is 0 Å². The van der Waals surface area contributed by atoms with Gasteiger partial charge in [0.15, 0.2) is 0 Å². The SMILES string of the molecule is c1ccn2c(CCN[C@@H]3CCOC4(CCOCC4)C3)cnc2c1. The summed E-state index contributed by atoms with van der Waals surface area (Å²) in [5, 5.41) is 3.73. The largest absolute Gasteiger partial charge is 0.381 e. The van der Waals surface area contributed by atoms with Crippen LogP contribution >= 0.6 is 0 Å². The fourth-order valence-electron chi connectivity index (χ4n) is 3.87.